The Hall–Kier alpha value is -0.130. The maximum Gasteiger partial charge on any atom is 0.257 e. The van der Waals surface area contributed by atoms with Crippen LogP contribution in [0.5, 0.6) is 0 Å². The Morgan fingerprint density at radius 2 is 2.00 bits per heavy atom. The van der Waals surface area contributed by atoms with Gasteiger partial charge in [-0.05, 0) is 26.0 Å². The van der Waals surface area contributed by atoms with E-state index in [0.717, 1.165) is 6.08 Å². The predicted molar refractivity (Wildman–Crippen MR) is 41.6 cm³/mol. The molecule has 2 N–H and O–H groups in total. The summed E-state index contributed by atoms with van der Waals surface area (Å²) < 4.78 is 33.0. The molecule has 0 saturated carbocycles. The van der Waals surface area contributed by atoms with Gasteiger partial charge in [0.15, 0.2) is 4.75 Å². The molecule has 0 saturated heterocycles. The van der Waals surface area contributed by atoms with Gasteiger partial charge in [-0.25, -0.2) is 8.78 Å². The van der Waals surface area contributed by atoms with Gasteiger partial charge in [0.25, 0.3) is 6.43 Å². The van der Waals surface area contributed by atoms with E-state index in [-0.39, 0.29) is 0 Å². The quantitative estimate of drug-likeness (QED) is 0.528. The molecule has 0 amide bonds. The van der Waals surface area contributed by atoms with Crippen molar-refractivity contribution in [2.45, 2.75) is 25.0 Å². The summed E-state index contributed by atoms with van der Waals surface area (Å²) in [5.41, 5.74) is 0. The minimum Gasteiger partial charge on any atom is -0.598 e. The fourth-order valence-corrected chi connectivity index (χ4v) is 0.584. The third-order valence-corrected chi connectivity index (χ3v) is 2.33. The van der Waals surface area contributed by atoms with Crippen LogP contribution in [0.1, 0.15) is 13.8 Å². The molecule has 0 bridgehead atoms. The highest BCUT2D eigenvalue weighted by Gasteiger charge is 2.26. The molecule has 5 heteroatoms. The zero-order valence-electron chi connectivity index (χ0n) is 6.38. The molecule has 0 spiro atoms. The Morgan fingerprint density at radius 1 is 1.55 bits per heavy atom. The van der Waals surface area contributed by atoms with E-state index < -0.39 is 22.5 Å². The van der Waals surface area contributed by atoms with Crippen molar-refractivity contribution in [3.05, 3.63) is 12.2 Å². The molecule has 11 heavy (non-hydrogen) atoms. The third kappa shape index (κ3) is 4.34. The van der Waals surface area contributed by atoms with Gasteiger partial charge in [0.05, 0.1) is 0 Å². The first-order chi connectivity index (χ1) is 4.86. The monoisotopic (exact) mass is 183 g/mol. The van der Waals surface area contributed by atoms with Crippen LogP contribution in [0.15, 0.2) is 12.2 Å². The average Bonchev–Trinajstić information content (AvgIpc) is 1.84. The Morgan fingerprint density at radius 3 is 2.27 bits per heavy atom. The molecule has 0 aliphatic rings. The van der Waals surface area contributed by atoms with E-state index in [1.54, 1.807) is 0 Å². The molecular weight excluding hydrogens is 172 g/mol. The smallest absolute Gasteiger partial charge is 0.257 e. The minimum absolute atomic E-state index is 0.685. The van der Waals surface area contributed by atoms with E-state index in [9.17, 15) is 13.3 Å². The number of halogens is 2. The van der Waals surface area contributed by atoms with Crippen LogP contribution in [0.2, 0.25) is 0 Å². The first-order valence-corrected chi connectivity index (χ1v) is 4.21. The number of alkyl halides is 2. The van der Waals surface area contributed by atoms with Gasteiger partial charge in [0, 0.05) is 11.4 Å². The van der Waals surface area contributed by atoms with Crippen molar-refractivity contribution < 1.29 is 13.3 Å². The van der Waals surface area contributed by atoms with Crippen LogP contribution < -0.4 is 5.14 Å². The molecule has 0 heterocycles. The number of hydrogen-bond donors (Lipinski definition) is 1. The Labute approximate surface area is 67.8 Å². The first kappa shape index (κ1) is 10.9. The maximum atomic E-state index is 11.6. The summed E-state index contributed by atoms with van der Waals surface area (Å²) in [6, 6.07) is 0. The molecule has 0 aliphatic carbocycles. The van der Waals surface area contributed by atoms with E-state index in [1.807, 2.05) is 0 Å². The second-order valence-electron chi connectivity index (χ2n) is 2.59. The first-order valence-electron chi connectivity index (χ1n) is 3.00. The standard InChI is InChI=1S/C6H11F2NOS/c1-6(2,11(9)10)4-3-5(7)8/h3-5H,9H2,1-2H3. The summed E-state index contributed by atoms with van der Waals surface area (Å²) in [6.07, 6.45) is -0.670. The predicted octanol–water partition coefficient (Wildman–Crippen LogP) is 1.21. The molecule has 1 unspecified atom stereocenters. The second-order valence-corrected chi connectivity index (χ2v) is 4.24. The lowest BCUT2D eigenvalue weighted by atomic mass is 10.2. The highest BCUT2D eigenvalue weighted by molar-refractivity contribution is 7.90. The summed E-state index contributed by atoms with van der Waals surface area (Å²) in [4.78, 5) is 0. The molecule has 0 aliphatic heterocycles. The van der Waals surface area contributed by atoms with Crippen molar-refractivity contribution in [1.82, 2.24) is 0 Å². The summed E-state index contributed by atoms with van der Waals surface area (Å²) in [5, 5.41) is 5.03. The fraction of sp³-hybridized carbons (Fsp3) is 0.667. The van der Waals surface area contributed by atoms with Crippen LogP contribution >= 0.6 is 0 Å². The lowest BCUT2D eigenvalue weighted by molar-refractivity contribution is 0.203. The van der Waals surface area contributed by atoms with Gasteiger partial charge < -0.3 is 4.55 Å². The van der Waals surface area contributed by atoms with Crippen molar-refractivity contribution in [3.8, 4) is 0 Å². The van der Waals surface area contributed by atoms with Crippen LogP contribution in [0.4, 0.5) is 8.78 Å². The van der Waals surface area contributed by atoms with Crippen LogP contribution in [0.25, 0.3) is 0 Å². The van der Waals surface area contributed by atoms with Crippen LogP contribution in [0, 0.1) is 0 Å². The molecule has 1 atom stereocenters. The molecule has 0 aromatic carbocycles. The summed E-state index contributed by atoms with van der Waals surface area (Å²) in [6.45, 7) is 3.06. The molecule has 0 rings (SSSR count). The second kappa shape index (κ2) is 4.04. The van der Waals surface area contributed by atoms with E-state index in [0.29, 0.717) is 6.08 Å². The molecule has 0 fully saturated rings. The lowest BCUT2D eigenvalue weighted by Crippen LogP contribution is -2.35. The van der Waals surface area contributed by atoms with Gasteiger partial charge >= 0.3 is 0 Å². The van der Waals surface area contributed by atoms with Gasteiger partial charge in [-0.1, -0.05) is 0 Å². The van der Waals surface area contributed by atoms with Gasteiger partial charge in [-0.3, -0.25) is 0 Å². The number of rotatable bonds is 3. The maximum absolute atomic E-state index is 11.6. The normalized spacial score (nSPS) is 16.3. The fourth-order valence-electron chi connectivity index (χ4n) is 0.372. The Balaban J connectivity index is 4.11. The lowest BCUT2D eigenvalue weighted by Gasteiger charge is -2.19. The largest absolute Gasteiger partial charge is 0.598 e. The molecule has 66 valence electrons. The topological polar surface area (TPSA) is 49.1 Å². The van der Waals surface area contributed by atoms with Crippen molar-refractivity contribution in [1.29, 1.82) is 0 Å². The highest BCUT2D eigenvalue weighted by Crippen LogP contribution is 2.15. The molecule has 0 aromatic rings. The van der Waals surface area contributed by atoms with Crippen LogP contribution in [-0.4, -0.2) is 15.7 Å². The minimum atomic E-state index is -2.52. The molecule has 0 aromatic heterocycles. The summed E-state index contributed by atoms with van der Waals surface area (Å²) in [7, 11) is 0. The summed E-state index contributed by atoms with van der Waals surface area (Å²) in [5.74, 6) is 0. The number of nitrogens with two attached hydrogens (primary N) is 1. The zero-order valence-corrected chi connectivity index (χ0v) is 7.20. The van der Waals surface area contributed by atoms with E-state index in [1.165, 1.54) is 13.8 Å². The summed E-state index contributed by atoms with van der Waals surface area (Å²) >= 11 is -1.61. The third-order valence-electron chi connectivity index (χ3n) is 1.16. The van der Waals surface area contributed by atoms with Crippen molar-refractivity contribution in [3.63, 3.8) is 0 Å². The van der Waals surface area contributed by atoms with E-state index in [4.69, 9.17) is 5.14 Å². The van der Waals surface area contributed by atoms with Gasteiger partial charge in [0.2, 0.25) is 0 Å². The van der Waals surface area contributed by atoms with Crippen molar-refractivity contribution in [2.24, 2.45) is 5.14 Å². The molecular formula is C6H11F2NOS. The van der Waals surface area contributed by atoms with Crippen molar-refractivity contribution >= 4 is 11.4 Å². The number of allylic oxidation sites excluding steroid dienone is 1. The Kier molecular flexibility index (Phi) is 3.99. The van der Waals surface area contributed by atoms with E-state index in [2.05, 4.69) is 0 Å². The number of hydrogen-bond acceptors (Lipinski definition) is 2. The SMILES string of the molecule is CC(C)(C=CC(F)F)[S+](N)[O-]. The molecule has 2 nitrogen and oxygen atoms in total. The Bertz CT molecular complexity index is 148. The van der Waals surface area contributed by atoms with Gasteiger partial charge in [0.1, 0.15) is 0 Å². The van der Waals surface area contributed by atoms with Crippen molar-refractivity contribution in [2.75, 3.05) is 0 Å². The zero-order chi connectivity index (χ0) is 9.07. The van der Waals surface area contributed by atoms with Crippen LogP contribution in [-0.2, 0) is 11.4 Å². The molecule has 0 radical (unpaired) electrons. The van der Waals surface area contributed by atoms with Crippen LogP contribution in [0.3, 0.4) is 0 Å². The average molecular weight is 183 g/mol. The highest BCUT2D eigenvalue weighted by atomic mass is 32.2. The van der Waals surface area contributed by atoms with E-state index >= 15 is 0 Å². The van der Waals surface area contributed by atoms with Gasteiger partial charge in [-0.15, -0.1) is 0 Å². The van der Waals surface area contributed by atoms with Gasteiger partial charge in [-0.2, -0.15) is 5.14 Å².